The van der Waals surface area contributed by atoms with Crippen LogP contribution in [0.15, 0.2) is 18.2 Å². The minimum atomic E-state index is -0.801. The summed E-state index contributed by atoms with van der Waals surface area (Å²) in [5, 5.41) is 13.2. The van der Waals surface area contributed by atoms with Crippen molar-refractivity contribution < 1.29 is 5.11 Å². The van der Waals surface area contributed by atoms with Crippen molar-refractivity contribution in [2.45, 2.75) is 5.60 Å². The van der Waals surface area contributed by atoms with Crippen LogP contribution in [0.1, 0.15) is 5.69 Å². The van der Waals surface area contributed by atoms with E-state index in [2.05, 4.69) is 10.3 Å². The van der Waals surface area contributed by atoms with E-state index >= 15 is 0 Å². The second-order valence-corrected chi connectivity index (χ2v) is 3.37. The molecule has 2 rings (SSSR count). The molecule has 3 nitrogen and oxygen atoms in total. The number of hydrogen-bond acceptors (Lipinski definition) is 3. The molecular formula is C8H9ClN2O. The lowest BCUT2D eigenvalue weighted by molar-refractivity contribution is -0.0185. The van der Waals surface area contributed by atoms with E-state index in [1.807, 2.05) is 0 Å². The number of rotatable bonds is 1. The molecule has 2 N–H and O–H groups in total. The Kier molecular flexibility index (Phi) is 1.79. The number of hydrogen-bond donors (Lipinski definition) is 2. The van der Waals surface area contributed by atoms with Crippen LogP contribution in [0.4, 0.5) is 0 Å². The van der Waals surface area contributed by atoms with Crippen LogP contribution in [0.25, 0.3) is 0 Å². The molecule has 0 saturated carbocycles. The van der Waals surface area contributed by atoms with Gasteiger partial charge in [0.25, 0.3) is 0 Å². The third-order valence-electron chi connectivity index (χ3n) is 2.03. The average Bonchev–Trinajstić information content (AvgIpc) is 2.00. The maximum atomic E-state index is 9.82. The predicted octanol–water partition coefficient (Wildman–Crippen LogP) is 0.526. The average molecular weight is 185 g/mol. The molecule has 1 aliphatic rings. The lowest BCUT2D eigenvalue weighted by atomic mass is 9.93. The van der Waals surface area contributed by atoms with Crippen molar-refractivity contribution in [3.8, 4) is 0 Å². The van der Waals surface area contributed by atoms with E-state index in [0.717, 1.165) is 0 Å². The number of β-amino-alcohol motifs (C(OH)–C–C–N with tert-alkyl or cyclic N) is 1. The lowest BCUT2D eigenvalue weighted by Crippen LogP contribution is -2.57. The molecule has 0 aromatic carbocycles. The van der Waals surface area contributed by atoms with Gasteiger partial charge in [-0.3, -0.25) is 0 Å². The standard InChI is InChI=1S/C8H9ClN2O/c9-7-3-1-2-6(11-7)8(12)4-10-5-8/h1-3,10,12H,4-5H2. The lowest BCUT2D eigenvalue weighted by Gasteiger charge is -2.36. The molecule has 1 saturated heterocycles. The maximum Gasteiger partial charge on any atom is 0.131 e. The summed E-state index contributed by atoms with van der Waals surface area (Å²) in [4.78, 5) is 4.04. The third-order valence-corrected chi connectivity index (χ3v) is 2.24. The highest BCUT2D eigenvalue weighted by molar-refractivity contribution is 6.29. The van der Waals surface area contributed by atoms with Crippen molar-refractivity contribution in [1.82, 2.24) is 10.3 Å². The van der Waals surface area contributed by atoms with Gasteiger partial charge in [0.1, 0.15) is 10.8 Å². The molecule has 0 amide bonds. The van der Waals surface area contributed by atoms with Gasteiger partial charge in [0.2, 0.25) is 0 Å². The van der Waals surface area contributed by atoms with Crippen LogP contribution < -0.4 is 5.32 Å². The summed E-state index contributed by atoms with van der Waals surface area (Å²) in [6.07, 6.45) is 0. The van der Waals surface area contributed by atoms with Gasteiger partial charge in [-0.15, -0.1) is 0 Å². The summed E-state index contributed by atoms with van der Waals surface area (Å²) < 4.78 is 0. The van der Waals surface area contributed by atoms with E-state index in [0.29, 0.717) is 23.9 Å². The molecule has 12 heavy (non-hydrogen) atoms. The summed E-state index contributed by atoms with van der Waals surface area (Å²) in [6, 6.07) is 5.27. The third kappa shape index (κ3) is 1.20. The number of halogens is 1. The first-order valence-corrected chi connectivity index (χ1v) is 4.15. The quantitative estimate of drug-likeness (QED) is 0.626. The summed E-state index contributed by atoms with van der Waals surface area (Å²) >= 11 is 5.69. The molecule has 0 aliphatic carbocycles. The first-order chi connectivity index (χ1) is 5.71. The van der Waals surface area contributed by atoms with Gasteiger partial charge in [-0.2, -0.15) is 0 Å². The normalized spacial score (nSPS) is 20.2. The minimum absolute atomic E-state index is 0.424. The Bertz CT molecular complexity index is 299. The molecule has 0 atom stereocenters. The van der Waals surface area contributed by atoms with Crippen molar-refractivity contribution in [2.75, 3.05) is 13.1 Å². The molecule has 4 heteroatoms. The molecule has 0 unspecified atom stereocenters. The van der Waals surface area contributed by atoms with Gasteiger partial charge in [-0.1, -0.05) is 17.7 Å². The van der Waals surface area contributed by atoms with Crippen LogP contribution in [0.2, 0.25) is 5.15 Å². The van der Waals surface area contributed by atoms with Crippen LogP contribution in [-0.4, -0.2) is 23.2 Å². The van der Waals surface area contributed by atoms with Crippen molar-refractivity contribution in [2.24, 2.45) is 0 Å². The zero-order valence-corrected chi connectivity index (χ0v) is 7.17. The topological polar surface area (TPSA) is 45.2 Å². The van der Waals surface area contributed by atoms with Gasteiger partial charge in [-0.25, -0.2) is 4.98 Å². The van der Waals surface area contributed by atoms with Gasteiger partial charge in [0.05, 0.1) is 5.69 Å². The fourth-order valence-corrected chi connectivity index (χ4v) is 1.37. The first kappa shape index (κ1) is 7.98. The van der Waals surface area contributed by atoms with Crippen molar-refractivity contribution >= 4 is 11.6 Å². The summed E-state index contributed by atoms with van der Waals surface area (Å²) in [6.45, 7) is 1.11. The van der Waals surface area contributed by atoms with Crippen LogP contribution >= 0.6 is 11.6 Å². The Morgan fingerprint density at radius 3 is 2.75 bits per heavy atom. The van der Waals surface area contributed by atoms with E-state index < -0.39 is 5.60 Å². The van der Waals surface area contributed by atoms with Crippen LogP contribution in [0.5, 0.6) is 0 Å². The van der Waals surface area contributed by atoms with Crippen LogP contribution in [0.3, 0.4) is 0 Å². The van der Waals surface area contributed by atoms with Crippen molar-refractivity contribution in [1.29, 1.82) is 0 Å². The zero-order valence-electron chi connectivity index (χ0n) is 6.42. The number of pyridine rings is 1. The number of nitrogens with one attached hydrogen (secondary N) is 1. The molecule has 1 aliphatic heterocycles. The van der Waals surface area contributed by atoms with Gasteiger partial charge in [0, 0.05) is 13.1 Å². The highest BCUT2D eigenvalue weighted by Crippen LogP contribution is 2.24. The SMILES string of the molecule is OC1(c2cccc(Cl)n2)CNC1. The van der Waals surface area contributed by atoms with Crippen LogP contribution in [0, 0.1) is 0 Å². The fourth-order valence-electron chi connectivity index (χ4n) is 1.21. The zero-order chi connectivity index (χ0) is 8.60. The predicted molar refractivity (Wildman–Crippen MR) is 46.0 cm³/mol. The monoisotopic (exact) mass is 184 g/mol. The Balaban J connectivity index is 2.33. The summed E-state index contributed by atoms with van der Waals surface area (Å²) in [5.41, 5.74) is -0.154. The van der Waals surface area contributed by atoms with Gasteiger partial charge in [-0.05, 0) is 12.1 Å². The Morgan fingerprint density at radius 2 is 2.25 bits per heavy atom. The Hall–Kier alpha value is -0.640. The van der Waals surface area contributed by atoms with Crippen molar-refractivity contribution in [3.05, 3.63) is 29.0 Å². The molecule has 1 aromatic rings. The molecule has 0 bridgehead atoms. The molecule has 0 radical (unpaired) electrons. The molecule has 2 heterocycles. The highest BCUT2D eigenvalue weighted by Gasteiger charge is 2.37. The van der Waals surface area contributed by atoms with Gasteiger partial charge in [0.15, 0.2) is 0 Å². The van der Waals surface area contributed by atoms with E-state index in [1.54, 1.807) is 18.2 Å². The highest BCUT2D eigenvalue weighted by atomic mass is 35.5. The van der Waals surface area contributed by atoms with E-state index in [-0.39, 0.29) is 0 Å². The van der Waals surface area contributed by atoms with E-state index in [4.69, 9.17) is 11.6 Å². The first-order valence-electron chi connectivity index (χ1n) is 3.77. The number of aliphatic hydroxyl groups is 1. The van der Waals surface area contributed by atoms with E-state index in [9.17, 15) is 5.11 Å². The maximum absolute atomic E-state index is 9.82. The summed E-state index contributed by atoms with van der Waals surface area (Å²) in [5.74, 6) is 0. The number of nitrogens with zero attached hydrogens (tertiary/aromatic N) is 1. The molecule has 1 fully saturated rings. The number of aromatic nitrogens is 1. The van der Waals surface area contributed by atoms with E-state index in [1.165, 1.54) is 0 Å². The molecule has 64 valence electrons. The summed E-state index contributed by atoms with van der Waals surface area (Å²) in [7, 11) is 0. The fraction of sp³-hybridized carbons (Fsp3) is 0.375. The Morgan fingerprint density at radius 1 is 1.50 bits per heavy atom. The molecule has 1 aromatic heterocycles. The van der Waals surface area contributed by atoms with Crippen molar-refractivity contribution in [3.63, 3.8) is 0 Å². The molecular weight excluding hydrogens is 176 g/mol. The second-order valence-electron chi connectivity index (χ2n) is 2.98. The minimum Gasteiger partial charge on any atom is -0.381 e. The van der Waals surface area contributed by atoms with Gasteiger partial charge < -0.3 is 10.4 Å². The Labute approximate surface area is 75.4 Å². The largest absolute Gasteiger partial charge is 0.381 e. The molecule has 0 spiro atoms. The van der Waals surface area contributed by atoms with Crippen LogP contribution in [-0.2, 0) is 5.60 Å². The second kappa shape index (κ2) is 2.69. The smallest absolute Gasteiger partial charge is 0.131 e. The van der Waals surface area contributed by atoms with Gasteiger partial charge >= 0.3 is 0 Å².